The maximum absolute atomic E-state index is 10.8. The fourth-order valence-corrected chi connectivity index (χ4v) is 5.36. The molecule has 6 nitrogen and oxygen atoms in total. The van der Waals surface area contributed by atoms with Gasteiger partial charge in [0.15, 0.2) is 0 Å². The number of carbonyl (C=O) groups excluding carboxylic acids is 3. The summed E-state index contributed by atoms with van der Waals surface area (Å²) in [6.45, 7) is 16.9. The van der Waals surface area contributed by atoms with Crippen LogP contribution in [0.2, 0.25) is 4.44 Å². The molecular formula is C38H77O6S3Sn. The third-order valence-corrected chi connectivity index (χ3v) is 9.77. The third-order valence-electron chi connectivity index (χ3n) is 7.99. The Morgan fingerprint density at radius 2 is 0.729 bits per heavy atom. The van der Waals surface area contributed by atoms with E-state index in [-0.39, 0.29) is 35.2 Å². The van der Waals surface area contributed by atoms with Crippen molar-refractivity contribution in [2.24, 2.45) is 17.8 Å². The molecule has 0 aliphatic heterocycles. The van der Waals surface area contributed by atoms with Gasteiger partial charge >= 0.3 is 90.3 Å². The Kier molecular flexibility index (Phi) is 54.2. The van der Waals surface area contributed by atoms with Crippen LogP contribution in [-0.2, 0) is 28.6 Å². The molecule has 3 radical (unpaired) electrons. The van der Waals surface area contributed by atoms with E-state index in [1.807, 2.05) is 0 Å². The summed E-state index contributed by atoms with van der Waals surface area (Å²) in [5, 5.41) is 0. The molecule has 0 N–H and O–H groups in total. The number of rotatable bonds is 27. The van der Waals surface area contributed by atoms with E-state index in [2.05, 4.69) is 86.4 Å². The molecule has 0 aromatic rings. The molecule has 48 heavy (non-hydrogen) atoms. The first-order chi connectivity index (χ1) is 23.1. The van der Waals surface area contributed by atoms with Crippen molar-refractivity contribution in [2.75, 3.05) is 37.1 Å². The zero-order valence-corrected chi connectivity index (χ0v) is 37.7. The van der Waals surface area contributed by atoms with Crippen LogP contribution >= 0.6 is 37.9 Å². The SMILES string of the molecule is CCCCC(CC)COC(=O)CS.CCCCC(CC)COC(=O)CS.CCCCC(CC)COC(=O)CS.CCCCCCC[CH2][Sn]. The van der Waals surface area contributed by atoms with Crippen LogP contribution < -0.4 is 0 Å². The van der Waals surface area contributed by atoms with Gasteiger partial charge in [-0.1, -0.05) is 99.3 Å². The molecule has 0 amide bonds. The fourth-order valence-electron chi connectivity index (χ4n) is 4.37. The Morgan fingerprint density at radius 1 is 0.458 bits per heavy atom. The maximum atomic E-state index is 10.8. The van der Waals surface area contributed by atoms with Crippen LogP contribution in [0.1, 0.15) is 164 Å². The molecule has 0 aromatic heterocycles. The van der Waals surface area contributed by atoms with Gasteiger partial charge in [0.2, 0.25) is 0 Å². The Bertz CT molecular complexity index is 590. The van der Waals surface area contributed by atoms with Gasteiger partial charge in [0.1, 0.15) is 0 Å². The summed E-state index contributed by atoms with van der Waals surface area (Å²) in [5.41, 5.74) is 0. The van der Waals surface area contributed by atoms with Gasteiger partial charge in [0, 0.05) is 0 Å². The summed E-state index contributed by atoms with van der Waals surface area (Å²) in [6.07, 6.45) is 22.7. The standard InChI is InChI=1S/3C10H20O2S.C8H17.Sn/c3*1-3-5-6-9(4-2)7-12-10(11)8-13;1-3-5-7-8-6-4-2;/h3*9,13H,3-8H2,1-2H3;1,3-8H2,2H3;. The van der Waals surface area contributed by atoms with E-state index in [9.17, 15) is 14.4 Å². The second-order valence-electron chi connectivity index (χ2n) is 12.3. The predicted molar refractivity (Wildman–Crippen MR) is 218 cm³/mol. The van der Waals surface area contributed by atoms with E-state index in [0.29, 0.717) is 37.6 Å². The number of ether oxygens (including phenoxy) is 3. The molecule has 0 bridgehead atoms. The van der Waals surface area contributed by atoms with Crippen LogP contribution in [0.3, 0.4) is 0 Å². The molecule has 0 saturated carbocycles. The van der Waals surface area contributed by atoms with E-state index < -0.39 is 0 Å². The Hall–Kier alpha value is 0.259. The Labute approximate surface area is 328 Å². The van der Waals surface area contributed by atoms with Crippen molar-refractivity contribution in [3.8, 4) is 0 Å². The summed E-state index contributed by atoms with van der Waals surface area (Å²) in [5.74, 6) is 1.52. The van der Waals surface area contributed by atoms with Crippen LogP contribution in [0, 0.1) is 17.8 Å². The second-order valence-corrected chi connectivity index (χ2v) is 14.7. The van der Waals surface area contributed by atoms with Gasteiger partial charge in [-0.15, -0.1) is 0 Å². The zero-order valence-electron chi connectivity index (χ0n) is 32.2. The number of esters is 3. The zero-order chi connectivity index (χ0) is 37.3. The van der Waals surface area contributed by atoms with Crippen molar-refractivity contribution in [1.82, 2.24) is 0 Å². The van der Waals surface area contributed by atoms with Crippen molar-refractivity contribution >= 4 is 78.3 Å². The van der Waals surface area contributed by atoms with Crippen LogP contribution in [-0.4, -0.2) is 77.5 Å². The molecule has 0 heterocycles. The molecule has 0 saturated heterocycles. The predicted octanol–water partition coefficient (Wildman–Crippen LogP) is 11.0. The molecular weight excluding hydrogens is 767 g/mol. The average Bonchev–Trinajstić information content (AvgIpc) is 3.12. The molecule has 0 fully saturated rings. The first-order valence-electron chi connectivity index (χ1n) is 19.1. The van der Waals surface area contributed by atoms with Crippen molar-refractivity contribution < 1.29 is 28.6 Å². The van der Waals surface area contributed by atoms with Crippen molar-refractivity contribution in [3.63, 3.8) is 0 Å². The van der Waals surface area contributed by atoms with E-state index in [1.54, 1.807) is 22.5 Å². The summed E-state index contributed by atoms with van der Waals surface area (Å²) >= 11 is 13.2. The molecule has 10 heteroatoms. The topological polar surface area (TPSA) is 78.9 Å². The molecule has 3 atom stereocenters. The summed E-state index contributed by atoms with van der Waals surface area (Å²) in [4.78, 5) is 32.4. The van der Waals surface area contributed by atoms with Gasteiger partial charge in [0.25, 0.3) is 0 Å². The van der Waals surface area contributed by atoms with Gasteiger partial charge in [-0.05, 0) is 37.0 Å². The van der Waals surface area contributed by atoms with E-state index >= 15 is 0 Å². The molecule has 0 aliphatic carbocycles. The number of carbonyl (C=O) groups is 3. The van der Waals surface area contributed by atoms with Gasteiger partial charge < -0.3 is 14.2 Å². The van der Waals surface area contributed by atoms with Crippen LogP contribution in [0.15, 0.2) is 0 Å². The Balaban J connectivity index is -0.000000271. The van der Waals surface area contributed by atoms with Gasteiger partial charge in [-0.2, -0.15) is 37.9 Å². The minimum absolute atomic E-state index is 0.185. The van der Waals surface area contributed by atoms with Crippen LogP contribution in [0.5, 0.6) is 0 Å². The molecule has 287 valence electrons. The summed E-state index contributed by atoms with van der Waals surface area (Å²) in [6, 6.07) is 0. The van der Waals surface area contributed by atoms with Crippen molar-refractivity contribution in [3.05, 3.63) is 0 Å². The van der Waals surface area contributed by atoms with E-state index in [1.165, 1.54) is 81.5 Å². The summed E-state index contributed by atoms with van der Waals surface area (Å²) in [7, 11) is 0. The summed E-state index contributed by atoms with van der Waals surface area (Å²) < 4.78 is 16.5. The first kappa shape index (κ1) is 55.0. The third kappa shape index (κ3) is 46.3. The first-order valence-corrected chi connectivity index (χ1v) is 23.0. The molecule has 0 aromatic carbocycles. The van der Waals surface area contributed by atoms with Gasteiger partial charge in [0.05, 0.1) is 37.1 Å². The second kappa shape index (κ2) is 47.3. The number of hydrogen-bond acceptors (Lipinski definition) is 9. The number of thiol groups is 3. The molecule has 0 spiro atoms. The average molecular weight is 845 g/mol. The van der Waals surface area contributed by atoms with Crippen molar-refractivity contribution in [2.45, 2.75) is 168 Å². The quantitative estimate of drug-likeness (QED) is 0.0251. The van der Waals surface area contributed by atoms with Crippen LogP contribution in [0.4, 0.5) is 0 Å². The number of hydrogen-bond donors (Lipinski definition) is 3. The van der Waals surface area contributed by atoms with Crippen LogP contribution in [0.25, 0.3) is 0 Å². The fraction of sp³-hybridized carbons (Fsp3) is 0.921. The van der Waals surface area contributed by atoms with Crippen molar-refractivity contribution in [1.29, 1.82) is 0 Å². The van der Waals surface area contributed by atoms with Gasteiger partial charge in [-0.25, -0.2) is 0 Å². The molecule has 0 rings (SSSR count). The van der Waals surface area contributed by atoms with E-state index in [0.717, 1.165) is 38.5 Å². The van der Waals surface area contributed by atoms with E-state index in [4.69, 9.17) is 14.2 Å². The Morgan fingerprint density at radius 3 is 0.958 bits per heavy atom. The normalized spacial score (nSPS) is 12.1. The molecule has 3 unspecified atom stereocenters. The minimum atomic E-state index is -0.210. The molecule has 0 aliphatic rings. The number of unbranched alkanes of at least 4 members (excludes halogenated alkanes) is 8. The monoisotopic (exact) mass is 845 g/mol. The van der Waals surface area contributed by atoms with Gasteiger partial charge in [-0.3, -0.25) is 14.4 Å².